The van der Waals surface area contributed by atoms with Crippen LogP contribution in [0, 0.1) is 10.5 Å². The molecule has 0 bridgehead atoms. The van der Waals surface area contributed by atoms with E-state index in [2.05, 4.69) is 20.9 Å². The van der Waals surface area contributed by atoms with Crippen molar-refractivity contribution in [2.45, 2.75) is 13.5 Å². The summed E-state index contributed by atoms with van der Waals surface area (Å²) in [6.07, 6.45) is 1.59. The summed E-state index contributed by atoms with van der Waals surface area (Å²) in [5.74, 6) is 1.46. The van der Waals surface area contributed by atoms with Gasteiger partial charge in [-0.2, -0.15) is 0 Å². The first-order valence-corrected chi connectivity index (χ1v) is 7.44. The van der Waals surface area contributed by atoms with Gasteiger partial charge in [-0.1, -0.05) is 15.9 Å². The normalized spacial score (nSPS) is 10.5. The molecule has 100 valence electrons. The molecule has 19 heavy (non-hydrogen) atoms. The highest BCUT2D eigenvalue weighted by Gasteiger charge is 2.09. The first-order chi connectivity index (χ1) is 9.02. The molecular weight excluding hydrogens is 423 g/mol. The molecule has 0 radical (unpaired) electrons. The first kappa shape index (κ1) is 14.5. The van der Waals surface area contributed by atoms with Crippen LogP contribution in [0.2, 0.25) is 0 Å². The fraction of sp³-hybridized carbons (Fsp3) is 0.231. The fourth-order valence-electron chi connectivity index (χ4n) is 1.71. The van der Waals surface area contributed by atoms with Crippen molar-refractivity contribution in [3.05, 3.63) is 54.2 Å². The highest BCUT2D eigenvalue weighted by Crippen LogP contribution is 2.23. The number of nitrogens with zero attached hydrogens (tertiary/aromatic N) is 2. The molecule has 6 heteroatoms. The third kappa shape index (κ3) is 3.17. The van der Waals surface area contributed by atoms with Crippen LogP contribution in [0.15, 0.2) is 33.7 Å². The van der Waals surface area contributed by atoms with Gasteiger partial charge in [0.05, 0.1) is 17.2 Å². The van der Waals surface area contributed by atoms with E-state index >= 15 is 0 Å². The maximum atomic E-state index is 12.1. The van der Waals surface area contributed by atoms with Gasteiger partial charge in [0.25, 0.3) is 5.56 Å². The largest absolute Gasteiger partial charge is 0.497 e. The van der Waals surface area contributed by atoms with Gasteiger partial charge in [-0.25, -0.2) is 4.98 Å². The highest BCUT2D eigenvalue weighted by molar-refractivity contribution is 14.1. The van der Waals surface area contributed by atoms with Crippen LogP contribution in [0.3, 0.4) is 0 Å². The van der Waals surface area contributed by atoms with Crippen molar-refractivity contribution in [2.75, 3.05) is 7.11 Å². The van der Waals surface area contributed by atoms with Crippen LogP contribution in [0.25, 0.3) is 0 Å². The van der Waals surface area contributed by atoms with E-state index in [1.165, 1.54) is 0 Å². The second-order valence-corrected chi connectivity index (χ2v) is 6.02. The minimum absolute atomic E-state index is 0.0252. The molecule has 0 spiro atoms. The Morgan fingerprint density at radius 1 is 1.47 bits per heavy atom. The Kier molecular flexibility index (Phi) is 4.62. The molecule has 2 rings (SSSR count). The van der Waals surface area contributed by atoms with E-state index in [9.17, 15) is 4.79 Å². The van der Waals surface area contributed by atoms with E-state index in [1.54, 1.807) is 17.9 Å². The Morgan fingerprint density at radius 2 is 2.21 bits per heavy atom. The standard InChI is InChI=1S/C13H12BrIN2O2/c1-8-16-6-12(15)13(18)17(8)7-9-5-10(19-2)3-4-11(9)14/h3-6H,7H2,1-2H3. The van der Waals surface area contributed by atoms with Gasteiger partial charge in [-0.15, -0.1) is 0 Å². The summed E-state index contributed by atoms with van der Waals surface area (Å²) >= 11 is 5.49. The fourth-order valence-corrected chi connectivity index (χ4v) is 2.51. The van der Waals surface area contributed by atoms with Crippen LogP contribution in [-0.4, -0.2) is 16.7 Å². The van der Waals surface area contributed by atoms with Crippen LogP contribution in [-0.2, 0) is 6.54 Å². The quantitative estimate of drug-likeness (QED) is 0.697. The van der Waals surface area contributed by atoms with E-state index in [0.717, 1.165) is 15.8 Å². The Hall–Kier alpha value is -0.890. The van der Waals surface area contributed by atoms with Crippen molar-refractivity contribution in [2.24, 2.45) is 0 Å². The number of hydrogen-bond acceptors (Lipinski definition) is 3. The number of benzene rings is 1. The van der Waals surface area contributed by atoms with Crippen molar-refractivity contribution in [3.8, 4) is 5.75 Å². The van der Waals surface area contributed by atoms with Gasteiger partial charge in [0.1, 0.15) is 11.6 Å². The molecule has 0 aliphatic heterocycles. The van der Waals surface area contributed by atoms with E-state index in [-0.39, 0.29) is 5.56 Å². The van der Waals surface area contributed by atoms with Crippen LogP contribution < -0.4 is 10.3 Å². The maximum Gasteiger partial charge on any atom is 0.267 e. The van der Waals surface area contributed by atoms with Crippen LogP contribution in [0.5, 0.6) is 5.75 Å². The van der Waals surface area contributed by atoms with Gasteiger partial charge in [0.2, 0.25) is 0 Å². The number of rotatable bonds is 3. The van der Waals surface area contributed by atoms with Crippen molar-refractivity contribution in [3.63, 3.8) is 0 Å². The van der Waals surface area contributed by atoms with Gasteiger partial charge in [-0.3, -0.25) is 9.36 Å². The van der Waals surface area contributed by atoms with Crippen molar-refractivity contribution < 1.29 is 4.74 Å². The van der Waals surface area contributed by atoms with E-state index in [0.29, 0.717) is 15.9 Å². The zero-order chi connectivity index (χ0) is 14.0. The Bertz CT molecular complexity index is 670. The molecule has 0 amide bonds. The maximum absolute atomic E-state index is 12.1. The molecule has 1 aromatic carbocycles. The number of hydrogen-bond donors (Lipinski definition) is 0. The zero-order valence-corrected chi connectivity index (χ0v) is 14.2. The van der Waals surface area contributed by atoms with Crippen molar-refractivity contribution in [1.82, 2.24) is 9.55 Å². The third-order valence-electron chi connectivity index (χ3n) is 2.79. The lowest BCUT2D eigenvalue weighted by Gasteiger charge is -2.12. The summed E-state index contributed by atoms with van der Waals surface area (Å²) in [7, 11) is 1.62. The lowest BCUT2D eigenvalue weighted by Crippen LogP contribution is -2.26. The predicted molar refractivity (Wildman–Crippen MR) is 85.7 cm³/mol. The number of aromatic nitrogens is 2. The summed E-state index contributed by atoms with van der Waals surface area (Å²) in [4.78, 5) is 16.3. The Balaban J connectivity index is 2.47. The summed E-state index contributed by atoms with van der Waals surface area (Å²) in [5, 5.41) is 0. The molecular formula is C13H12BrIN2O2. The predicted octanol–water partition coefficient (Wildman–Crippen LogP) is 2.98. The van der Waals surface area contributed by atoms with E-state index < -0.39 is 0 Å². The number of methoxy groups -OCH3 is 1. The molecule has 1 aromatic heterocycles. The monoisotopic (exact) mass is 434 g/mol. The smallest absolute Gasteiger partial charge is 0.267 e. The molecule has 0 saturated carbocycles. The first-order valence-electron chi connectivity index (χ1n) is 5.57. The van der Waals surface area contributed by atoms with E-state index in [4.69, 9.17) is 4.74 Å². The average molecular weight is 435 g/mol. The van der Waals surface area contributed by atoms with Gasteiger partial charge in [0, 0.05) is 10.7 Å². The van der Waals surface area contributed by atoms with Gasteiger partial charge in [0.15, 0.2) is 0 Å². The molecule has 0 fully saturated rings. The summed E-state index contributed by atoms with van der Waals surface area (Å²) in [6.45, 7) is 2.29. The number of halogens is 2. The molecule has 0 unspecified atom stereocenters. The van der Waals surface area contributed by atoms with Gasteiger partial charge >= 0.3 is 0 Å². The second-order valence-electron chi connectivity index (χ2n) is 4.00. The van der Waals surface area contributed by atoms with Gasteiger partial charge < -0.3 is 4.74 Å². The van der Waals surface area contributed by atoms with E-state index in [1.807, 2.05) is 47.7 Å². The van der Waals surface area contributed by atoms with Crippen molar-refractivity contribution >= 4 is 38.5 Å². The Labute approximate surface area is 133 Å². The van der Waals surface area contributed by atoms with Crippen LogP contribution in [0.1, 0.15) is 11.4 Å². The average Bonchev–Trinajstić information content (AvgIpc) is 2.41. The number of aryl methyl sites for hydroxylation is 1. The Morgan fingerprint density at radius 3 is 2.89 bits per heavy atom. The zero-order valence-electron chi connectivity index (χ0n) is 10.5. The molecule has 0 aliphatic carbocycles. The number of ether oxygens (including phenoxy) is 1. The lowest BCUT2D eigenvalue weighted by molar-refractivity contribution is 0.414. The second kappa shape index (κ2) is 6.04. The van der Waals surface area contributed by atoms with Crippen molar-refractivity contribution in [1.29, 1.82) is 0 Å². The SMILES string of the molecule is COc1ccc(Br)c(Cn2c(C)ncc(I)c2=O)c1. The van der Waals surface area contributed by atoms with Crippen LogP contribution >= 0.6 is 38.5 Å². The topological polar surface area (TPSA) is 44.1 Å². The highest BCUT2D eigenvalue weighted by atomic mass is 127. The molecule has 1 heterocycles. The molecule has 4 nitrogen and oxygen atoms in total. The van der Waals surface area contributed by atoms with Gasteiger partial charge in [-0.05, 0) is 53.3 Å². The summed E-state index contributed by atoms with van der Waals surface area (Å²) in [5.41, 5.74) is 0.955. The van der Waals surface area contributed by atoms with Crippen LogP contribution in [0.4, 0.5) is 0 Å². The molecule has 0 atom stereocenters. The third-order valence-corrected chi connectivity index (χ3v) is 4.30. The molecule has 0 N–H and O–H groups in total. The minimum atomic E-state index is -0.0252. The minimum Gasteiger partial charge on any atom is -0.497 e. The molecule has 0 saturated heterocycles. The lowest BCUT2D eigenvalue weighted by atomic mass is 10.2. The summed E-state index contributed by atoms with van der Waals surface area (Å²) in [6, 6.07) is 5.70. The molecule has 0 aliphatic rings. The molecule has 2 aromatic rings. The summed E-state index contributed by atoms with van der Waals surface area (Å²) < 4.78 is 8.42.